The van der Waals surface area contributed by atoms with Gasteiger partial charge in [0.15, 0.2) is 0 Å². The zero-order valence-corrected chi connectivity index (χ0v) is 14.9. The number of ether oxygens (including phenoxy) is 2. The fourth-order valence-electron chi connectivity index (χ4n) is 3.53. The first-order valence-corrected chi connectivity index (χ1v) is 8.65. The largest absolute Gasteiger partial charge is 0.470 e. The summed E-state index contributed by atoms with van der Waals surface area (Å²) in [6.07, 6.45) is 2.98. The molecule has 6 nitrogen and oxygen atoms in total. The van der Waals surface area contributed by atoms with E-state index in [2.05, 4.69) is 10.0 Å². The van der Waals surface area contributed by atoms with Gasteiger partial charge in [0.1, 0.15) is 18.5 Å². The van der Waals surface area contributed by atoms with Crippen molar-refractivity contribution >= 4 is 5.97 Å². The Balaban J connectivity index is 1.93. The molecule has 138 valence electrons. The lowest BCUT2D eigenvalue weighted by atomic mass is 10.0. The lowest BCUT2D eigenvalue weighted by molar-refractivity contribution is -0.145. The van der Waals surface area contributed by atoms with Crippen molar-refractivity contribution < 1.29 is 18.7 Å². The van der Waals surface area contributed by atoms with Crippen LogP contribution in [0.4, 0.5) is 4.39 Å². The summed E-state index contributed by atoms with van der Waals surface area (Å²) in [7, 11) is 0. The Kier molecular flexibility index (Phi) is 5.35. The van der Waals surface area contributed by atoms with Gasteiger partial charge >= 0.3 is 5.97 Å². The van der Waals surface area contributed by atoms with E-state index in [9.17, 15) is 9.18 Å². The van der Waals surface area contributed by atoms with E-state index >= 15 is 0 Å². The third-order valence-electron chi connectivity index (χ3n) is 4.65. The predicted molar refractivity (Wildman–Crippen MR) is 92.5 cm³/mol. The van der Waals surface area contributed by atoms with Gasteiger partial charge in [0.25, 0.3) is 0 Å². The number of likely N-dealkylation sites (tertiary alicyclic amines) is 1. The number of hydrogen-bond donors (Lipinski definition) is 1. The van der Waals surface area contributed by atoms with Crippen LogP contribution in [0.2, 0.25) is 0 Å². The van der Waals surface area contributed by atoms with Crippen molar-refractivity contribution in [3.05, 3.63) is 58.9 Å². The average Bonchev–Trinajstić information content (AvgIpc) is 3.04. The second-order valence-corrected chi connectivity index (χ2v) is 6.41. The van der Waals surface area contributed by atoms with Gasteiger partial charge in [-0.1, -0.05) is 19.1 Å². The van der Waals surface area contributed by atoms with Crippen LogP contribution in [0.1, 0.15) is 38.3 Å². The lowest BCUT2D eigenvalue weighted by Gasteiger charge is -2.31. The normalized spacial score (nSPS) is 22.7. The summed E-state index contributed by atoms with van der Waals surface area (Å²) < 4.78 is 24.7. The van der Waals surface area contributed by atoms with Gasteiger partial charge in [-0.25, -0.2) is 9.92 Å². The Hall–Kier alpha value is -2.70. The molecule has 2 heterocycles. The monoisotopic (exact) mass is 359 g/mol. The molecule has 1 aromatic rings. The van der Waals surface area contributed by atoms with Crippen LogP contribution in [0.25, 0.3) is 0 Å². The van der Waals surface area contributed by atoms with Crippen LogP contribution < -0.4 is 0 Å². The van der Waals surface area contributed by atoms with Crippen molar-refractivity contribution in [2.45, 2.75) is 38.8 Å². The van der Waals surface area contributed by atoms with Crippen LogP contribution in [0.15, 0.2) is 52.6 Å². The van der Waals surface area contributed by atoms with Crippen molar-refractivity contribution in [1.29, 1.82) is 5.53 Å². The van der Waals surface area contributed by atoms with Gasteiger partial charge in [0.2, 0.25) is 5.88 Å². The Morgan fingerprint density at radius 1 is 1.50 bits per heavy atom. The maximum Gasteiger partial charge on any atom is 0.302 e. The minimum Gasteiger partial charge on any atom is -0.470 e. The number of carbonyl (C=O) groups is 1. The van der Waals surface area contributed by atoms with E-state index < -0.39 is 0 Å². The van der Waals surface area contributed by atoms with Crippen LogP contribution in [-0.4, -0.2) is 30.1 Å². The second kappa shape index (κ2) is 7.68. The lowest BCUT2D eigenvalue weighted by Crippen LogP contribution is -2.29. The van der Waals surface area contributed by atoms with Gasteiger partial charge in [0.05, 0.1) is 18.3 Å². The van der Waals surface area contributed by atoms with Gasteiger partial charge in [-0.05, 0) is 30.2 Å². The van der Waals surface area contributed by atoms with E-state index in [1.165, 1.54) is 19.1 Å². The van der Waals surface area contributed by atoms with Crippen LogP contribution in [-0.2, 0) is 14.3 Å². The van der Waals surface area contributed by atoms with E-state index in [0.717, 1.165) is 16.8 Å². The molecule has 0 spiro atoms. The Morgan fingerprint density at radius 3 is 2.96 bits per heavy atom. The molecule has 0 aliphatic carbocycles. The van der Waals surface area contributed by atoms with E-state index in [4.69, 9.17) is 15.0 Å². The number of carbonyl (C=O) groups excluding carboxylic acids is 1. The third-order valence-corrected chi connectivity index (χ3v) is 4.65. The van der Waals surface area contributed by atoms with Gasteiger partial charge in [-0.15, -0.1) is 5.11 Å². The average molecular weight is 359 g/mol. The number of nitrogens with zero attached hydrogens (tertiary/aromatic N) is 2. The highest BCUT2D eigenvalue weighted by molar-refractivity contribution is 5.66. The fourth-order valence-corrected chi connectivity index (χ4v) is 3.53. The zero-order valence-electron chi connectivity index (χ0n) is 14.9. The molecule has 1 fully saturated rings. The first-order valence-electron chi connectivity index (χ1n) is 8.65. The van der Waals surface area contributed by atoms with Crippen molar-refractivity contribution in [2.24, 2.45) is 5.11 Å². The van der Waals surface area contributed by atoms with Crippen LogP contribution in [0, 0.1) is 11.3 Å². The molecule has 1 aromatic carbocycles. The topological polar surface area (TPSA) is 75.0 Å². The smallest absolute Gasteiger partial charge is 0.302 e. The minimum absolute atomic E-state index is 0.113. The maximum atomic E-state index is 13.7. The first kappa shape index (κ1) is 18.1. The molecule has 0 radical (unpaired) electrons. The summed E-state index contributed by atoms with van der Waals surface area (Å²) in [5.74, 6) is -0.292. The number of rotatable bonds is 5. The van der Waals surface area contributed by atoms with Crippen LogP contribution in [0.3, 0.4) is 0 Å². The van der Waals surface area contributed by atoms with Crippen molar-refractivity contribution in [3.8, 4) is 0 Å². The molecule has 0 aromatic heterocycles. The molecule has 3 rings (SSSR count). The molecule has 7 heteroatoms. The first-order chi connectivity index (χ1) is 12.5. The Morgan fingerprint density at radius 2 is 2.31 bits per heavy atom. The molecule has 1 saturated heterocycles. The van der Waals surface area contributed by atoms with Gasteiger partial charge in [-0.3, -0.25) is 4.79 Å². The minimum atomic E-state index is -0.326. The zero-order chi connectivity index (χ0) is 18.7. The number of allylic oxidation sites excluding steroid dienone is 2. The highest BCUT2D eigenvalue weighted by Crippen LogP contribution is 2.38. The molecule has 2 aliphatic heterocycles. The van der Waals surface area contributed by atoms with Gasteiger partial charge < -0.3 is 14.4 Å². The van der Waals surface area contributed by atoms with E-state index in [-0.39, 0.29) is 30.5 Å². The standard InChI is InChI=1S/C19H22FN3O3/c1-3-13-8-16(11-25-19(13)22-21)23-10-17(26-12(2)24)9-18(23)14-5-4-6-15(20)7-14/h4-8,17-18,21H,3,9-11H2,1-2H3/t17-,18+/m0/s1. The predicted octanol–water partition coefficient (Wildman–Crippen LogP) is 4.07. The third kappa shape index (κ3) is 3.76. The summed E-state index contributed by atoms with van der Waals surface area (Å²) in [6.45, 7) is 4.15. The SMILES string of the molecule is CCC1=C(N=N)OCC(N2C[C@@H](OC(C)=O)C[C@@H]2c2cccc(F)c2)=C1. The maximum absolute atomic E-state index is 13.7. The molecule has 2 aliphatic rings. The molecule has 0 amide bonds. The molecule has 0 unspecified atom stereocenters. The summed E-state index contributed by atoms with van der Waals surface area (Å²) in [5, 5.41) is 3.43. The molecule has 2 atom stereocenters. The van der Waals surface area contributed by atoms with Gasteiger partial charge in [0, 0.05) is 18.9 Å². The van der Waals surface area contributed by atoms with Crippen molar-refractivity contribution in [2.75, 3.05) is 13.2 Å². The van der Waals surface area contributed by atoms with Crippen LogP contribution in [0.5, 0.6) is 0 Å². The highest BCUT2D eigenvalue weighted by Gasteiger charge is 2.37. The molecular formula is C19H22FN3O3. The number of benzene rings is 1. The molecule has 0 saturated carbocycles. The molecular weight excluding hydrogens is 337 g/mol. The summed E-state index contributed by atoms with van der Waals surface area (Å²) in [5.41, 5.74) is 9.80. The fraction of sp³-hybridized carbons (Fsp3) is 0.421. The van der Waals surface area contributed by atoms with Crippen molar-refractivity contribution in [1.82, 2.24) is 4.90 Å². The number of nitrogens with one attached hydrogen (secondary N) is 1. The molecule has 26 heavy (non-hydrogen) atoms. The summed E-state index contributed by atoms with van der Waals surface area (Å²) in [4.78, 5) is 13.5. The van der Waals surface area contributed by atoms with E-state index in [1.54, 1.807) is 6.07 Å². The number of hydrogen-bond acceptors (Lipinski definition) is 6. The number of halogens is 1. The number of esters is 1. The second-order valence-electron chi connectivity index (χ2n) is 6.41. The van der Waals surface area contributed by atoms with Gasteiger partial charge in [-0.2, -0.15) is 0 Å². The van der Waals surface area contributed by atoms with Crippen LogP contribution >= 0.6 is 0 Å². The Bertz CT molecular complexity index is 775. The summed E-state index contributed by atoms with van der Waals surface area (Å²) in [6, 6.07) is 6.37. The quantitative estimate of drug-likeness (QED) is 0.635. The highest BCUT2D eigenvalue weighted by atomic mass is 19.1. The summed E-state index contributed by atoms with van der Waals surface area (Å²) >= 11 is 0. The van der Waals surface area contributed by atoms with Crippen molar-refractivity contribution in [3.63, 3.8) is 0 Å². The Labute approximate surface area is 151 Å². The van der Waals surface area contributed by atoms with E-state index in [1.807, 2.05) is 19.1 Å². The van der Waals surface area contributed by atoms with E-state index in [0.29, 0.717) is 25.3 Å². The molecule has 0 bridgehead atoms. The molecule has 1 N–H and O–H groups in total.